The highest BCUT2D eigenvalue weighted by Crippen LogP contribution is 2.14. The third-order valence-electron chi connectivity index (χ3n) is 2.16. The number of thioether (sulfide) groups is 1. The van der Waals surface area contributed by atoms with E-state index in [9.17, 15) is 14.4 Å². The van der Waals surface area contributed by atoms with Crippen molar-refractivity contribution in [3.63, 3.8) is 0 Å². The second-order valence-corrected chi connectivity index (χ2v) is 4.52. The molecule has 0 atom stereocenters. The Morgan fingerprint density at radius 3 is 2.56 bits per heavy atom. The first kappa shape index (κ1) is 13.2. The Hall–Kier alpha value is -0.880. The van der Waals surface area contributed by atoms with E-state index >= 15 is 0 Å². The standard InChI is InChI=1S/C10H15NO4S/c1-15-5-2-6-16-7-10(14)11-8(12)3-4-9(11)13/h2-7H2,1H3. The molecular formula is C10H15NO4S. The van der Waals surface area contributed by atoms with Gasteiger partial charge in [0.1, 0.15) is 0 Å². The van der Waals surface area contributed by atoms with Gasteiger partial charge in [0.15, 0.2) is 0 Å². The first-order valence-corrected chi connectivity index (χ1v) is 6.27. The lowest BCUT2D eigenvalue weighted by Crippen LogP contribution is -2.36. The Bertz CT molecular complexity index is 277. The molecule has 5 nitrogen and oxygen atoms in total. The second kappa shape index (κ2) is 6.65. The minimum Gasteiger partial charge on any atom is -0.385 e. The summed E-state index contributed by atoms with van der Waals surface area (Å²) in [7, 11) is 1.62. The summed E-state index contributed by atoms with van der Waals surface area (Å²) in [6.45, 7) is 0.656. The van der Waals surface area contributed by atoms with E-state index in [0.29, 0.717) is 6.61 Å². The lowest BCUT2D eigenvalue weighted by molar-refractivity contribution is -0.147. The van der Waals surface area contributed by atoms with Crippen LogP contribution in [0.15, 0.2) is 0 Å². The van der Waals surface area contributed by atoms with Crippen molar-refractivity contribution in [2.75, 3.05) is 25.2 Å². The van der Waals surface area contributed by atoms with Crippen LogP contribution in [0.4, 0.5) is 0 Å². The first-order chi connectivity index (χ1) is 7.66. The molecule has 6 heteroatoms. The average Bonchev–Trinajstić information content (AvgIpc) is 2.58. The van der Waals surface area contributed by atoms with Crippen molar-refractivity contribution in [1.29, 1.82) is 0 Å². The molecule has 0 bridgehead atoms. The van der Waals surface area contributed by atoms with E-state index in [-0.39, 0.29) is 30.4 Å². The van der Waals surface area contributed by atoms with Gasteiger partial charge in [-0.1, -0.05) is 0 Å². The topological polar surface area (TPSA) is 63.7 Å². The molecule has 0 aromatic rings. The zero-order chi connectivity index (χ0) is 12.0. The fraction of sp³-hybridized carbons (Fsp3) is 0.700. The molecule has 0 spiro atoms. The number of rotatable bonds is 6. The molecule has 0 radical (unpaired) electrons. The van der Waals surface area contributed by atoms with Crippen LogP contribution in [0, 0.1) is 0 Å². The number of carbonyl (C=O) groups excluding carboxylic acids is 3. The predicted octanol–water partition coefficient (Wildman–Crippen LogP) is 0.432. The van der Waals surface area contributed by atoms with Crippen molar-refractivity contribution in [2.24, 2.45) is 0 Å². The fourth-order valence-electron chi connectivity index (χ4n) is 1.38. The first-order valence-electron chi connectivity index (χ1n) is 5.12. The molecule has 1 heterocycles. The highest BCUT2D eigenvalue weighted by Gasteiger charge is 2.33. The highest BCUT2D eigenvalue weighted by molar-refractivity contribution is 7.99. The van der Waals surface area contributed by atoms with Gasteiger partial charge in [0, 0.05) is 26.6 Å². The van der Waals surface area contributed by atoms with Crippen molar-refractivity contribution >= 4 is 29.5 Å². The van der Waals surface area contributed by atoms with Gasteiger partial charge in [-0.05, 0) is 12.2 Å². The lowest BCUT2D eigenvalue weighted by Gasteiger charge is -2.10. The van der Waals surface area contributed by atoms with E-state index in [1.54, 1.807) is 7.11 Å². The smallest absolute Gasteiger partial charge is 0.246 e. The van der Waals surface area contributed by atoms with Gasteiger partial charge < -0.3 is 4.74 Å². The predicted molar refractivity (Wildman–Crippen MR) is 59.9 cm³/mol. The number of carbonyl (C=O) groups is 3. The summed E-state index contributed by atoms with van der Waals surface area (Å²) >= 11 is 1.42. The van der Waals surface area contributed by atoms with Gasteiger partial charge in [-0.2, -0.15) is 11.8 Å². The van der Waals surface area contributed by atoms with Gasteiger partial charge in [-0.3, -0.25) is 14.4 Å². The van der Waals surface area contributed by atoms with Crippen molar-refractivity contribution < 1.29 is 19.1 Å². The summed E-state index contributed by atoms with van der Waals surface area (Å²) in [6.07, 6.45) is 1.19. The number of imide groups is 3. The normalized spacial score (nSPS) is 15.9. The molecule has 0 N–H and O–H groups in total. The Kier molecular flexibility index (Phi) is 5.48. The molecule has 0 aromatic heterocycles. The Labute approximate surface area is 98.5 Å². The summed E-state index contributed by atoms with van der Waals surface area (Å²) in [6, 6.07) is 0. The summed E-state index contributed by atoms with van der Waals surface area (Å²) < 4.78 is 4.87. The number of likely N-dealkylation sites (tertiary alicyclic amines) is 1. The average molecular weight is 245 g/mol. The molecule has 1 rings (SSSR count). The van der Waals surface area contributed by atoms with Gasteiger partial charge in [0.25, 0.3) is 0 Å². The van der Waals surface area contributed by atoms with Crippen LogP contribution in [0.5, 0.6) is 0 Å². The monoisotopic (exact) mass is 245 g/mol. The molecular weight excluding hydrogens is 230 g/mol. The Morgan fingerprint density at radius 2 is 2.00 bits per heavy atom. The lowest BCUT2D eigenvalue weighted by atomic mass is 10.4. The van der Waals surface area contributed by atoms with Crippen LogP contribution in [-0.4, -0.2) is 47.8 Å². The number of methoxy groups -OCH3 is 1. The number of ether oxygens (including phenoxy) is 1. The number of amides is 3. The maximum Gasteiger partial charge on any atom is 0.246 e. The van der Waals surface area contributed by atoms with Crippen LogP contribution in [0.25, 0.3) is 0 Å². The molecule has 1 aliphatic heterocycles. The van der Waals surface area contributed by atoms with E-state index in [1.165, 1.54) is 11.8 Å². The van der Waals surface area contributed by atoms with Gasteiger partial charge in [-0.25, -0.2) is 4.90 Å². The van der Waals surface area contributed by atoms with Crippen LogP contribution in [0.3, 0.4) is 0 Å². The minimum atomic E-state index is -0.394. The van der Waals surface area contributed by atoms with Crippen LogP contribution in [0.1, 0.15) is 19.3 Å². The van der Waals surface area contributed by atoms with Crippen LogP contribution in [0.2, 0.25) is 0 Å². The largest absolute Gasteiger partial charge is 0.385 e. The zero-order valence-corrected chi connectivity index (χ0v) is 10.0. The van der Waals surface area contributed by atoms with Gasteiger partial charge in [0.05, 0.1) is 5.75 Å². The van der Waals surface area contributed by atoms with E-state index in [1.807, 2.05) is 0 Å². The molecule has 0 aliphatic carbocycles. The molecule has 1 fully saturated rings. The van der Waals surface area contributed by atoms with Crippen molar-refractivity contribution in [2.45, 2.75) is 19.3 Å². The third-order valence-corrected chi connectivity index (χ3v) is 3.19. The van der Waals surface area contributed by atoms with Crippen LogP contribution >= 0.6 is 11.8 Å². The summed E-state index contributed by atoms with van der Waals surface area (Å²) in [5.74, 6) is -0.160. The SMILES string of the molecule is COCCCSCC(=O)N1C(=O)CCC1=O. The molecule has 1 saturated heterocycles. The quantitative estimate of drug-likeness (QED) is 0.501. The highest BCUT2D eigenvalue weighted by atomic mass is 32.2. The van der Waals surface area contributed by atoms with Crippen molar-refractivity contribution in [3.8, 4) is 0 Å². The minimum absolute atomic E-state index is 0.166. The molecule has 0 unspecified atom stereocenters. The van der Waals surface area contributed by atoms with Gasteiger partial charge in [-0.15, -0.1) is 0 Å². The molecule has 0 aromatic carbocycles. The van der Waals surface area contributed by atoms with Crippen LogP contribution < -0.4 is 0 Å². The third kappa shape index (κ3) is 3.61. The molecule has 1 aliphatic rings. The van der Waals surface area contributed by atoms with E-state index in [0.717, 1.165) is 17.1 Å². The number of nitrogens with zero attached hydrogens (tertiary/aromatic N) is 1. The van der Waals surface area contributed by atoms with Crippen molar-refractivity contribution in [1.82, 2.24) is 4.90 Å². The summed E-state index contributed by atoms with van der Waals surface area (Å²) in [5, 5.41) is 0. The van der Waals surface area contributed by atoms with Crippen LogP contribution in [-0.2, 0) is 19.1 Å². The van der Waals surface area contributed by atoms with E-state index in [4.69, 9.17) is 4.74 Å². The van der Waals surface area contributed by atoms with E-state index < -0.39 is 5.91 Å². The maximum absolute atomic E-state index is 11.5. The van der Waals surface area contributed by atoms with Gasteiger partial charge in [0.2, 0.25) is 17.7 Å². The van der Waals surface area contributed by atoms with Gasteiger partial charge >= 0.3 is 0 Å². The molecule has 90 valence electrons. The maximum atomic E-state index is 11.5. The fourth-order valence-corrected chi connectivity index (χ4v) is 2.15. The molecule has 3 amide bonds. The summed E-state index contributed by atoms with van der Waals surface area (Å²) in [5.41, 5.74) is 0. The zero-order valence-electron chi connectivity index (χ0n) is 9.23. The number of hydrogen-bond acceptors (Lipinski definition) is 5. The van der Waals surface area contributed by atoms with E-state index in [2.05, 4.69) is 0 Å². The Morgan fingerprint density at radius 1 is 1.38 bits per heavy atom. The Balaban J connectivity index is 2.24. The molecule has 0 saturated carbocycles. The summed E-state index contributed by atoms with van der Waals surface area (Å²) in [4.78, 5) is 34.7. The number of hydrogen-bond donors (Lipinski definition) is 0. The second-order valence-electron chi connectivity index (χ2n) is 3.42. The van der Waals surface area contributed by atoms with Crippen molar-refractivity contribution in [3.05, 3.63) is 0 Å². The molecule has 16 heavy (non-hydrogen) atoms.